The molecule has 2 aromatic heterocycles. The van der Waals surface area contributed by atoms with Gasteiger partial charge in [0.15, 0.2) is 11.6 Å². The lowest BCUT2D eigenvalue weighted by atomic mass is 10.1. The monoisotopic (exact) mass is 333 g/mol. The molecule has 1 fully saturated rings. The quantitative estimate of drug-likeness (QED) is 0.860. The fourth-order valence-corrected chi connectivity index (χ4v) is 3.04. The Morgan fingerprint density at radius 1 is 1.25 bits per heavy atom. The Bertz CT molecular complexity index is 709. The summed E-state index contributed by atoms with van der Waals surface area (Å²) in [7, 11) is 0. The van der Waals surface area contributed by atoms with Gasteiger partial charge in [-0.25, -0.2) is 18.7 Å². The van der Waals surface area contributed by atoms with Gasteiger partial charge in [0.1, 0.15) is 12.1 Å². The van der Waals surface area contributed by atoms with Gasteiger partial charge in [-0.1, -0.05) is 6.92 Å². The molecule has 24 heavy (non-hydrogen) atoms. The molecule has 0 spiro atoms. The minimum atomic E-state index is -0.333. The maximum absolute atomic E-state index is 14.4. The summed E-state index contributed by atoms with van der Waals surface area (Å²) in [6, 6.07) is 1.86. The summed E-state index contributed by atoms with van der Waals surface area (Å²) < 4.78 is 28.2. The fourth-order valence-electron chi connectivity index (χ4n) is 3.04. The number of aromatic nitrogens is 3. The third kappa shape index (κ3) is 3.36. The molecule has 1 atom stereocenters. The molecule has 0 saturated carbocycles. The van der Waals surface area contributed by atoms with Crippen molar-refractivity contribution < 1.29 is 8.78 Å². The molecule has 1 aliphatic heterocycles. The molecule has 3 heterocycles. The van der Waals surface area contributed by atoms with E-state index in [0.29, 0.717) is 49.7 Å². The minimum absolute atomic E-state index is 0.158. The highest BCUT2D eigenvalue weighted by atomic mass is 19.1. The Morgan fingerprint density at radius 3 is 2.79 bits per heavy atom. The zero-order valence-electron chi connectivity index (χ0n) is 13.9. The standard InChI is InChI=1S/C17H21F2N5/c1-3-15-16(19)17(22-11-21-15)24-7-6-23(12(2)9-24)10-13-4-5-20-8-14(13)18/h4-5,8,11-12H,3,6-7,9-10H2,1-2H3. The van der Waals surface area contributed by atoms with Crippen LogP contribution in [0, 0.1) is 11.6 Å². The van der Waals surface area contributed by atoms with Gasteiger partial charge in [0.2, 0.25) is 0 Å². The third-order valence-corrected chi connectivity index (χ3v) is 4.47. The second kappa shape index (κ2) is 7.17. The number of aryl methyl sites for hydroxylation is 1. The SMILES string of the molecule is CCc1ncnc(N2CCN(Cc3ccncc3F)C(C)C2)c1F. The van der Waals surface area contributed by atoms with Crippen LogP contribution in [0.2, 0.25) is 0 Å². The van der Waals surface area contributed by atoms with Crippen LogP contribution in [0.5, 0.6) is 0 Å². The zero-order valence-corrected chi connectivity index (χ0v) is 13.9. The topological polar surface area (TPSA) is 45.2 Å². The molecule has 1 unspecified atom stereocenters. The summed E-state index contributed by atoms with van der Waals surface area (Å²) in [4.78, 5) is 16.0. The van der Waals surface area contributed by atoms with E-state index in [2.05, 4.69) is 26.8 Å². The molecular weight excluding hydrogens is 312 g/mol. The minimum Gasteiger partial charge on any atom is -0.351 e. The van der Waals surface area contributed by atoms with Crippen LogP contribution in [0.25, 0.3) is 0 Å². The number of hydrogen-bond acceptors (Lipinski definition) is 5. The molecule has 1 saturated heterocycles. The number of pyridine rings is 1. The number of nitrogens with zero attached hydrogens (tertiary/aromatic N) is 5. The molecule has 128 valence electrons. The van der Waals surface area contributed by atoms with Crippen molar-refractivity contribution in [2.75, 3.05) is 24.5 Å². The van der Waals surface area contributed by atoms with Crippen molar-refractivity contribution in [1.82, 2.24) is 19.9 Å². The maximum atomic E-state index is 14.4. The number of hydrogen-bond donors (Lipinski definition) is 0. The van der Waals surface area contributed by atoms with Crippen molar-refractivity contribution in [3.63, 3.8) is 0 Å². The van der Waals surface area contributed by atoms with Gasteiger partial charge in [-0.2, -0.15) is 0 Å². The van der Waals surface area contributed by atoms with Gasteiger partial charge in [-0.15, -0.1) is 0 Å². The van der Waals surface area contributed by atoms with E-state index in [1.807, 2.05) is 11.8 Å². The van der Waals surface area contributed by atoms with E-state index >= 15 is 0 Å². The van der Waals surface area contributed by atoms with Gasteiger partial charge in [-0.05, 0) is 19.4 Å². The van der Waals surface area contributed by atoms with Crippen molar-refractivity contribution >= 4 is 5.82 Å². The van der Waals surface area contributed by atoms with E-state index in [-0.39, 0.29) is 17.7 Å². The summed E-state index contributed by atoms with van der Waals surface area (Å²) in [6.07, 6.45) is 4.79. The van der Waals surface area contributed by atoms with E-state index in [9.17, 15) is 8.78 Å². The molecule has 0 bridgehead atoms. The maximum Gasteiger partial charge on any atom is 0.187 e. The van der Waals surface area contributed by atoms with Crippen LogP contribution in [-0.2, 0) is 13.0 Å². The lowest BCUT2D eigenvalue weighted by Crippen LogP contribution is -2.52. The van der Waals surface area contributed by atoms with Crippen molar-refractivity contribution in [1.29, 1.82) is 0 Å². The van der Waals surface area contributed by atoms with Crippen LogP contribution in [0.15, 0.2) is 24.8 Å². The number of anilines is 1. The summed E-state index contributed by atoms with van der Waals surface area (Å²) in [6.45, 7) is 6.46. The van der Waals surface area contributed by atoms with Crippen LogP contribution >= 0.6 is 0 Å². The third-order valence-electron chi connectivity index (χ3n) is 4.47. The Labute approximate surface area is 140 Å². The number of piperazine rings is 1. The fraction of sp³-hybridized carbons (Fsp3) is 0.471. The van der Waals surface area contributed by atoms with Crippen LogP contribution in [0.4, 0.5) is 14.6 Å². The predicted molar refractivity (Wildman–Crippen MR) is 87.6 cm³/mol. The second-order valence-electron chi connectivity index (χ2n) is 6.04. The summed E-state index contributed by atoms with van der Waals surface area (Å²) in [5, 5.41) is 0. The molecule has 2 aromatic rings. The Morgan fingerprint density at radius 2 is 2.08 bits per heavy atom. The average Bonchev–Trinajstić information content (AvgIpc) is 2.59. The first-order chi connectivity index (χ1) is 11.6. The van der Waals surface area contributed by atoms with Gasteiger partial charge >= 0.3 is 0 Å². The van der Waals surface area contributed by atoms with E-state index in [1.54, 1.807) is 12.3 Å². The van der Waals surface area contributed by atoms with Gasteiger partial charge in [-0.3, -0.25) is 9.88 Å². The van der Waals surface area contributed by atoms with Gasteiger partial charge in [0.05, 0.1) is 11.9 Å². The smallest absolute Gasteiger partial charge is 0.187 e. The Hall–Kier alpha value is -2.15. The van der Waals surface area contributed by atoms with Gasteiger partial charge in [0.25, 0.3) is 0 Å². The van der Waals surface area contributed by atoms with Crippen molar-refractivity contribution in [2.24, 2.45) is 0 Å². The summed E-state index contributed by atoms with van der Waals surface area (Å²) >= 11 is 0. The average molecular weight is 333 g/mol. The molecule has 3 rings (SSSR count). The first-order valence-corrected chi connectivity index (χ1v) is 8.17. The molecule has 0 N–H and O–H groups in total. The first kappa shape index (κ1) is 16.7. The van der Waals surface area contributed by atoms with Gasteiger partial charge < -0.3 is 4.90 Å². The molecule has 0 amide bonds. The molecule has 0 radical (unpaired) electrons. The first-order valence-electron chi connectivity index (χ1n) is 8.17. The molecule has 5 nitrogen and oxygen atoms in total. The van der Waals surface area contributed by atoms with E-state index < -0.39 is 0 Å². The van der Waals surface area contributed by atoms with Crippen LogP contribution in [-0.4, -0.2) is 45.5 Å². The van der Waals surface area contributed by atoms with Crippen molar-refractivity contribution in [2.45, 2.75) is 32.9 Å². The normalized spacial score (nSPS) is 18.8. The van der Waals surface area contributed by atoms with Gasteiger partial charge in [0, 0.05) is 44.0 Å². The molecular formula is C17H21F2N5. The zero-order chi connectivity index (χ0) is 17.1. The van der Waals surface area contributed by atoms with E-state index in [1.165, 1.54) is 12.5 Å². The van der Waals surface area contributed by atoms with Crippen LogP contribution < -0.4 is 4.90 Å². The lowest BCUT2D eigenvalue weighted by molar-refractivity contribution is 0.178. The summed E-state index contributed by atoms with van der Waals surface area (Å²) in [5.74, 6) is -0.258. The Kier molecular flexibility index (Phi) is 4.99. The second-order valence-corrected chi connectivity index (χ2v) is 6.04. The molecule has 1 aliphatic rings. The molecule has 0 aromatic carbocycles. The van der Waals surface area contributed by atoms with Crippen LogP contribution in [0.1, 0.15) is 25.1 Å². The van der Waals surface area contributed by atoms with Crippen molar-refractivity contribution in [3.05, 3.63) is 47.7 Å². The molecule has 7 heteroatoms. The Balaban J connectivity index is 1.71. The lowest BCUT2D eigenvalue weighted by Gasteiger charge is -2.40. The summed E-state index contributed by atoms with van der Waals surface area (Å²) in [5.41, 5.74) is 1.07. The van der Waals surface area contributed by atoms with E-state index in [4.69, 9.17) is 0 Å². The largest absolute Gasteiger partial charge is 0.351 e. The number of halogens is 2. The highest BCUT2D eigenvalue weighted by molar-refractivity contribution is 5.42. The van der Waals surface area contributed by atoms with Crippen molar-refractivity contribution in [3.8, 4) is 0 Å². The van der Waals surface area contributed by atoms with E-state index in [0.717, 1.165) is 0 Å². The number of rotatable bonds is 4. The highest BCUT2D eigenvalue weighted by Gasteiger charge is 2.27. The van der Waals surface area contributed by atoms with Crippen LogP contribution in [0.3, 0.4) is 0 Å². The predicted octanol–water partition coefficient (Wildman–Crippen LogP) is 2.42. The molecule has 0 aliphatic carbocycles. The highest BCUT2D eigenvalue weighted by Crippen LogP contribution is 2.23.